The summed E-state index contributed by atoms with van der Waals surface area (Å²) in [5.41, 5.74) is 0.900. The largest absolute Gasteiger partial charge is 0.494 e. The van der Waals surface area contributed by atoms with E-state index < -0.39 is 0 Å². The van der Waals surface area contributed by atoms with Crippen LogP contribution in [0.2, 0.25) is 5.02 Å². The number of aromatic nitrogens is 2. The molecule has 5 nitrogen and oxygen atoms in total. The van der Waals surface area contributed by atoms with E-state index in [1.54, 1.807) is 31.4 Å². The number of rotatable bonds is 3. The third kappa shape index (κ3) is 2.31. The van der Waals surface area contributed by atoms with Gasteiger partial charge in [-0.15, -0.1) is 0 Å². The van der Waals surface area contributed by atoms with Gasteiger partial charge in [-0.05, 0) is 18.2 Å². The summed E-state index contributed by atoms with van der Waals surface area (Å²) in [5, 5.41) is 7.44. The average Bonchev–Trinajstić information content (AvgIpc) is 2.38. The molecule has 0 saturated heterocycles. The maximum Gasteiger partial charge on any atom is 0.273 e. The van der Waals surface area contributed by atoms with E-state index in [2.05, 4.69) is 10.4 Å². The van der Waals surface area contributed by atoms with Crippen LogP contribution in [0.1, 0.15) is 0 Å². The van der Waals surface area contributed by atoms with E-state index in [1.165, 1.54) is 17.9 Å². The number of nitrogens with one attached hydrogen (secondary N) is 1. The summed E-state index contributed by atoms with van der Waals surface area (Å²) in [5.74, 6) is 0.534. The van der Waals surface area contributed by atoms with Gasteiger partial charge in [-0.1, -0.05) is 11.6 Å². The molecule has 0 bridgehead atoms. The highest BCUT2D eigenvalue weighted by atomic mass is 35.5. The predicted molar refractivity (Wildman–Crippen MR) is 70.9 cm³/mol. The Labute approximate surface area is 109 Å². The third-order valence-corrected chi connectivity index (χ3v) is 2.69. The summed E-state index contributed by atoms with van der Waals surface area (Å²) >= 11 is 5.92. The number of ether oxygens (including phenoxy) is 1. The van der Waals surface area contributed by atoms with Gasteiger partial charge in [-0.3, -0.25) is 4.79 Å². The maximum atomic E-state index is 11.9. The third-order valence-electron chi connectivity index (χ3n) is 2.46. The van der Waals surface area contributed by atoms with Crippen molar-refractivity contribution in [2.45, 2.75) is 0 Å². The zero-order chi connectivity index (χ0) is 13.1. The van der Waals surface area contributed by atoms with Crippen LogP contribution >= 0.6 is 11.6 Å². The highest BCUT2D eigenvalue weighted by molar-refractivity contribution is 6.30. The molecule has 0 unspecified atom stereocenters. The maximum absolute atomic E-state index is 11.9. The summed E-state index contributed by atoms with van der Waals surface area (Å²) in [6.07, 6.45) is 1.56. The second-order valence-corrected chi connectivity index (χ2v) is 4.00. The van der Waals surface area contributed by atoms with E-state index in [1.807, 2.05) is 0 Å². The van der Waals surface area contributed by atoms with Crippen molar-refractivity contribution in [3.63, 3.8) is 0 Å². The molecule has 1 aromatic carbocycles. The zero-order valence-electron chi connectivity index (χ0n) is 9.98. The molecule has 1 heterocycles. The van der Waals surface area contributed by atoms with E-state index >= 15 is 0 Å². The molecular formula is C12H12ClN3O2. The first-order valence-corrected chi connectivity index (χ1v) is 5.64. The van der Waals surface area contributed by atoms with E-state index in [0.717, 1.165) is 0 Å². The fourth-order valence-electron chi connectivity index (χ4n) is 1.55. The van der Waals surface area contributed by atoms with Gasteiger partial charge in [0.1, 0.15) is 11.4 Å². The molecule has 0 aliphatic heterocycles. The molecule has 0 amide bonds. The van der Waals surface area contributed by atoms with Gasteiger partial charge in [-0.2, -0.15) is 9.78 Å². The van der Waals surface area contributed by atoms with Gasteiger partial charge in [0.05, 0.1) is 19.0 Å². The lowest BCUT2D eigenvalue weighted by Gasteiger charge is -2.10. The molecule has 0 spiro atoms. The lowest BCUT2D eigenvalue weighted by atomic mass is 10.3. The van der Waals surface area contributed by atoms with Crippen LogP contribution in [0.15, 0.2) is 35.3 Å². The van der Waals surface area contributed by atoms with Crippen LogP contribution in [-0.4, -0.2) is 23.9 Å². The Bertz CT molecular complexity index is 625. The Morgan fingerprint density at radius 3 is 2.78 bits per heavy atom. The molecule has 6 heteroatoms. The van der Waals surface area contributed by atoms with Gasteiger partial charge in [0.15, 0.2) is 0 Å². The minimum absolute atomic E-state index is 0.262. The molecule has 0 aliphatic carbocycles. The number of halogens is 1. The van der Waals surface area contributed by atoms with E-state index in [-0.39, 0.29) is 5.56 Å². The van der Waals surface area contributed by atoms with Crippen molar-refractivity contribution in [3.8, 4) is 11.4 Å². The summed E-state index contributed by atoms with van der Waals surface area (Å²) in [4.78, 5) is 11.9. The molecule has 1 N–H and O–H groups in total. The van der Waals surface area contributed by atoms with Gasteiger partial charge in [0.25, 0.3) is 5.56 Å². The van der Waals surface area contributed by atoms with Crippen molar-refractivity contribution in [1.82, 2.24) is 9.78 Å². The Balaban J connectivity index is 2.61. The molecule has 0 atom stereocenters. The van der Waals surface area contributed by atoms with Gasteiger partial charge >= 0.3 is 0 Å². The van der Waals surface area contributed by atoms with Crippen molar-refractivity contribution >= 4 is 17.3 Å². The normalized spacial score (nSPS) is 10.2. The van der Waals surface area contributed by atoms with Crippen LogP contribution < -0.4 is 15.6 Å². The average molecular weight is 266 g/mol. The lowest BCUT2D eigenvalue weighted by Crippen LogP contribution is -2.21. The molecule has 0 saturated carbocycles. The van der Waals surface area contributed by atoms with Crippen molar-refractivity contribution in [1.29, 1.82) is 0 Å². The van der Waals surface area contributed by atoms with E-state index in [4.69, 9.17) is 16.3 Å². The second kappa shape index (κ2) is 5.10. The van der Waals surface area contributed by atoms with Crippen LogP contribution in [0.3, 0.4) is 0 Å². The molecule has 2 aromatic rings. The summed E-state index contributed by atoms with van der Waals surface area (Å²) in [6, 6.07) is 6.47. The van der Waals surface area contributed by atoms with Gasteiger partial charge in [0.2, 0.25) is 0 Å². The molecule has 2 rings (SSSR count). The minimum atomic E-state index is -0.262. The van der Waals surface area contributed by atoms with Gasteiger partial charge in [0, 0.05) is 18.1 Å². The Morgan fingerprint density at radius 2 is 2.17 bits per heavy atom. The molecule has 18 heavy (non-hydrogen) atoms. The van der Waals surface area contributed by atoms with Crippen LogP contribution in [-0.2, 0) is 0 Å². The number of hydrogen-bond donors (Lipinski definition) is 1. The molecule has 1 aromatic heterocycles. The van der Waals surface area contributed by atoms with Gasteiger partial charge in [-0.25, -0.2) is 0 Å². The van der Waals surface area contributed by atoms with Crippen molar-refractivity contribution in [2.24, 2.45) is 0 Å². The van der Waals surface area contributed by atoms with Crippen LogP contribution in [0.5, 0.6) is 5.75 Å². The van der Waals surface area contributed by atoms with E-state index in [9.17, 15) is 4.79 Å². The van der Waals surface area contributed by atoms with Crippen LogP contribution in [0.25, 0.3) is 5.69 Å². The first kappa shape index (κ1) is 12.4. The smallest absolute Gasteiger partial charge is 0.273 e. The van der Waals surface area contributed by atoms with Crippen molar-refractivity contribution in [2.75, 3.05) is 19.5 Å². The number of nitrogens with zero attached hydrogens (tertiary/aromatic N) is 2. The standard InChI is InChI=1S/C12H12ClN3O2/c1-14-9-6-12(17)16(15-7-9)10-5-8(13)3-4-11(10)18-2/h3-7,14H,1-2H3. The first-order chi connectivity index (χ1) is 8.65. The highest BCUT2D eigenvalue weighted by Crippen LogP contribution is 2.24. The van der Waals surface area contributed by atoms with Crippen LogP contribution in [0, 0.1) is 0 Å². The minimum Gasteiger partial charge on any atom is -0.494 e. The summed E-state index contributed by atoms with van der Waals surface area (Å²) in [7, 11) is 3.25. The zero-order valence-corrected chi connectivity index (χ0v) is 10.7. The van der Waals surface area contributed by atoms with Gasteiger partial charge < -0.3 is 10.1 Å². The predicted octanol–water partition coefficient (Wildman–Crippen LogP) is 1.94. The summed E-state index contributed by atoms with van der Waals surface area (Å²) < 4.78 is 6.43. The number of benzene rings is 1. The highest BCUT2D eigenvalue weighted by Gasteiger charge is 2.09. The second-order valence-electron chi connectivity index (χ2n) is 3.56. The Kier molecular flexibility index (Phi) is 3.53. The van der Waals surface area contributed by atoms with Crippen molar-refractivity contribution < 1.29 is 4.74 Å². The molecule has 0 radical (unpaired) electrons. The summed E-state index contributed by atoms with van der Waals surface area (Å²) in [6.45, 7) is 0. The van der Waals surface area contributed by atoms with Crippen molar-refractivity contribution in [3.05, 3.63) is 45.8 Å². The molecule has 94 valence electrons. The number of methoxy groups -OCH3 is 1. The SMILES string of the molecule is CNc1cnn(-c2cc(Cl)ccc2OC)c(=O)c1. The monoisotopic (exact) mass is 265 g/mol. The van der Waals surface area contributed by atoms with Crippen LogP contribution in [0.4, 0.5) is 5.69 Å². The molecular weight excluding hydrogens is 254 g/mol. The molecule has 0 aliphatic rings. The lowest BCUT2D eigenvalue weighted by molar-refractivity contribution is 0.411. The fraction of sp³-hybridized carbons (Fsp3) is 0.167. The number of anilines is 1. The molecule has 0 fully saturated rings. The Hall–Kier alpha value is -2.01. The fourth-order valence-corrected chi connectivity index (χ4v) is 1.72. The Morgan fingerprint density at radius 1 is 1.39 bits per heavy atom. The van der Waals surface area contributed by atoms with E-state index in [0.29, 0.717) is 22.1 Å². The first-order valence-electron chi connectivity index (χ1n) is 5.26. The quantitative estimate of drug-likeness (QED) is 0.921. The number of hydrogen-bond acceptors (Lipinski definition) is 4. The topological polar surface area (TPSA) is 56.1 Å².